The zero-order valence-electron chi connectivity index (χ0n) is 25.0. The molecule has 0 radical (unpaired) electrons. The second-order valence-corrected chi connectivity index (χ2v) is 12.6. The maximum atomic E-state index is 13.0. The van der Waals surface area contributed by atoms with Crippen LogP contribution in [0.25, 0.3) is 42.9 Å². The predicted octanol–water partition coefficient (Wildman–Crippen LogP) is 9.25. The first-order valence-corrected chi connectivity index (χ1v) is 15.5. The van der Waals surface area contributed by atoms with Gasteiger partial charge in [0.25, 0.3) is 0 Å². The summed E-state index contributed by atoms with van der Waals surface area (Å²) in [5, 5.41) is 10.3. The quantitative estimate of drug-likeness (QED) is 0.140. The van der Waals surface area contributed by atoms with E-state index in [2.05, 4.69) is 19.9 Å². The zero-order valence-corrected chi connectivity index (χ0v) is 26.7. The molecule has 0 aliphatic carbocycles. The first-order valence-electron chi connectivity index (χ1n) is 13.9. The van der Waals surface area contributed by atoms with Crippen LogP contribution in [0.2, 0.25) is 0 Å². The number of ether oxygens (including phenoxy) is 1. The Balaban J connectivity index is 0.000000188. The number of halogens is 6. The van der Waals surface area contributed by atoms with Gasteiger partial charge in [-0.2, -0.15) is 26.3 Å². The Kier molecular flexibility index (Phi) is 9.51. The number of carboxylic acid groups (broad SMARTS) is 1. The van der Waals surface area contributed by atoms with E-state index in [1.54, 1.807) is 19.1 Å². The normalized spacial score (nSPS) is 11.8. The van der Waals surface area contributed by atoms with Crippen LogP contribution in [0.4, 0.5) is 26.3 Å². The van der Waals surface area contributed by atoms with Gasteiger partial charge in [0.1, 0.15) is 9.66 Å². The molecule has 0 saturated heterocycles. The number of aromatic carboxylic acids is 1. The molecule has 0 spiro atoms. The molecule has 48 heavy (non-hydrogen) atoms. The maximum absolute atomic E-state index is 13.0. The fourth-order valence-corrected chi connectivity index (χ4v) is 6.35. The summed E-state index contributed by atoms with van der Waals surface area (Å²) in [6.45, 7) is 5.47. The van der Waals surface area contributed by atoms with E-state index < -0.39 is 41.2 Å². The van der Waals surface area contributed by atoms with Crippen molar-refractivity contribution < 1.29 is 45.8 Å². The summed E-state index contributed by atoms with van der Waals surface area (Å²) >= 11 is 2.60. The number of aromatic nitrogens is 4. The number of carbonyl (C=O) groups excluding carboxylic acids is 1. The summed E-state index contributed by atoms with van der Waals surface area (Å²) < 4.78 is 82.6. The molecule has 0 aliphatic heterocycles. The number of hydrogen-bond acceptors (Lipinski definition) is 9. The fraction of sp³-hybridized carbons (Fsp3) is 0.188. The first kappa shape index (κ1) is 34.4. The molecule has 0 bridgehead atoms. The van der Waals surface area contributed by atoms with Crippen molar-refractivity contribution in [3.63, 3.8) is 0 Å². The SMILES string of the molecule is CCOC(=O)c1nc(-c2cccc(C(F)(F)F)c2)c2cc(C)sc2n1.Cc1cc2c(-c3cccc(C(F)(F)F)c3)nc(C(=O)O)nc2s1. The Morgan fingerprint density at radius 1 is 0.708 bits per heavy atom. The van der Waals surface area contributed by atoms with Crippen LogP contribution >= 0.6 is 22.7 Å². The number of rotatable bonds is 5. The lowest BCUT2D eigenvalue weighted by Crippen LogP contribution is -2.10. The highest BCUT2D eigenvalue weighted by Gasteiger charge is 2.32. The number of fused-ring (bicyclic) bond motifs is 2. The van der Waals surface area contributed by atoms with E-state index in [1.807, 2.05) is 13.8 Å². The van der Waals surface area contributed by atoms with Gasteiger partial charge < -0.3 is 9.84 Å². The Morgan fingerprint density at radius 3 is 1.56 bits per heavy atom. The number of hydrogen-bond donors (Lipinski definition) is 1. The Bertz CT molecular complexity index is 2180. The Hall–Kier alpha value is -4.96. The van der Waals surface area contributed by atoms with Gasteiger partial charge in [0.05, 0.1) is 29.1 Å². The van der Waals surface area contributed by atoms with Crippen LogP contribution in [0.5, 0.6) is 0 Å². The van der Waals surface area contributed by atoms with Gasteiger partial charge >= 0.3 is 24.3 Å². The van der Waals surface area contributed by atoms with E-state index in [-0.39, 0.29) is 34.9 Å². The van der Waals surface area contributed by atoms with Crippen LogP contribution in [-0.2, 0) is 17.1 Å². The minimum Gasteiger partial charge on any atom is -0.475 e. The third-order valence-electron chi connectivity index (χ3n) is 6.61. The molecule has 1 N–H and O–H groups in total. The van der Waals surface area contributed by atoms with Crippen LogP contribution in [0, 0.1) is 13.8 Å². The van der Waals surface area contributed by atoms with Crippen molar-refractivity contribution in [2.45, 2.75) is 33.1 Å². The minimum atomic E-state index is -4.48. The molecule has 0 fully saturated rings. The molecule has 0 amide bonds. The molecule has 248 valence electrons. The highest BCUT2D eigenvalue weighted by molar-refractivity contribution is 7.19. The van der Waals surface area contributed by atoms with E-state index in [0.29, 0.717) is 20.4 Å². The lowest BCUT2D eigenvalue weighted by Gasteiger charge is -2.10. The standard InChI is InChI=1S/C17H13F3N2O2S.C15H9F3N2O2S/c1-3-24-16(23)14-21-13(12-7-9(2)25-15(12)22-14)10-5-4-6-11(8-10)17(18,19)20;1-7-5-10-11(19-12(14(21)22)20-13(10)23-7)8-3-2-4-9(6-8)15(16,17)18/h4-8H,3H2,1-2H3;2-6H,1H3,(H,21,22). The molecule has 4 aromatic heterocycles. The monoisotopic (exact) mass is 704 g/mol. The predicted molar refractivity (Wildman–Crippen MR) is 168 cm³/mol. The van der Waals surface area contributed by atoms with Crippen molar-refractivity contribution in [3.8, 4) is 22.5 Å². The summed E-state index contributed by atoms with van der Waals surface area (Å²) in [6, 6.07) is 13.0. The number of aryl methyl sites for hydroxylation is 2. The second kappa shape index (κ2) is 13.3. The first-order chi connectivity index (χ1) is 22.5. The molecule has 0 aliphatic rings. The summed E-state index contributed by atoms with van der Waals surface area (Å²) in [5.74, 6) is -2.63. The van der Waals surface area contributed by atoms with Gasteiger partial charge in [-0.1, -0.05) is 24.3 Å². The molecule has 2 aromatic carbocycles. The van der Waals surface area contributed by atoms with Crippen molar-refractivity contribution >= 4 is 55.0 Å². The summed E-state index contributed by atoms with van der Waals surface area (Å²) in [6.07, 6.45) is -8.95. The fourth-order valence-electron chi connectivity index (χ4n) is 4.59. The topological polar surface area (TPSA) is 115 Å². The van der Waals surface area contributed by atoms with E-state index >= 15 is 0 Å². The van der Waals surface area contributed by atoms with Crippen LogP contribution < -0.4 is 0 Å². The van der Waals surface area contributed by atoms with E-state index in [9.17, 15) is 35.9 Å². The summed E-state index contributed by atoms with van der Waals surface area (Å²) in [5.41, 5.74) is -0.656. The molecular weight excluding hydrogens is 682 g/mol. The van der Waals surface area contributed by atoms with Crippen molar-refractivity contribution in [1.82, 2.24) is 19.9 Å². The van der Waals surface area contributed by atoms with Crippen molar-refractivity contribution in [2.24, 2.45) is 0 Å². The van der Waals surface area contributed by atoms with Crippen LogP contribution in [-0.4, -0.2) is 43.6 Å². The van der Waals surface area contributed by atoms with Crippen molar-refractivity contribution in [1.29, 1.82) is 0 Å². The molecule has 0 saturated carbocycles. The number of thiophene rings is 2. The van der Waals surface area contributed by atoms with Gasteiger partial charge in [0.2, 0.25) is 11.6 Å². The summed E-state index contributed by atoms with van der Waals surface area (Å²) in [7, 11) is 0. The number of carbonyl (C=O) groups is 2. The van der Waals surface area contributed by atoms with Crippen LogP contribution in [0.15, 0.2) is 60.7 Å². The number of nitrogens with zero attached hydrogens (tertiary/aromatic N) is 4. The minimum absolute atomic E-state index is 0.155. The van der Waals surface area contributed by atoms with E-state index in [4.69, 9.17) is 9.84 Å². The van der Waals surface area contributed by atoms with E-state index in [1.165, 1.54) is 46.9 Å². The molecule has 8 nitrogen and oxygen atoms in total. The highest BCUT2D eigenvalue weighted by Crippen LogP contribution is 2.37. The lowest BCUT2D eigenvalue weighted by molar-refractivity contribution is -0.138. The van der Waals surface area contributed by atoms with Gasteiger partial charge in [-0.25, -0.2) is 29.5 Å². The number of alkyl halides is 6. The Morgan fingerprint density at radius 2 is 1.15 bits per heavy atom. The average molecular weight is 705 g/mol. The third-order valence-corrected chi connectivity index (χ3v) is 8.50. The van der Waals surface area contributed by atoms with Crippen molar-refractivity contribution in [3.05, 3.63) is 93.2 Å². The second-order valence-electron chi connectivity index (χ2n) is 10.1. The van der Waals surface area contributed by atoms with Gasteiger partial charge in [0.15, 0.2) is 0 Å². The van der Waals surface area contributed by atoms with Crippen molar-refractivity contribution in [2.75, 3.05) is 6.61 Å². The van der Waals surface area contributed by atoms with Crippen LogP contribution in [0.1, 0.15) is 49.0 Å². The molecule has 4 heterocycles. The molecular formula is C32H22F6N4O4S2. The molecule has 16 heteroatoms. The Labute approximate surface area is 275 Å². The number of carboxylic acids is 1. The average Bonchev–Trinajstić information content (AvgIpc) is 3.60. The zero-order chi connectivity index (χ0) is 35.0. The highest BCUT2D eigenvalue weighted by atomic mass is 32.1. The maximum Gasteiger partial charge on any atom is 0.416 e. The molecule has 0 atom stereocenters. The molecule has 0 unspecified atom stereocenters. The lowest BCUT2D eigenvalue weighted by atomic mass is 10.1. The summed E-state index contributed by atoms with van der Waals surface area (Å²) in [4.78, 5) is 42.1. The molecule has 6 aromatic rings. The number of benzene rings is 2. The van der Waals surface area contributed by atoms with Gasteiger partial charge in [0, 0.05) is 31.7 Å². The van der Waals surface area contributed by atoms with Crippen LogP contribution in [0.3, 0.4) is 0 Å². The molecule has 6 rings (SSSR count). The third kappa shape index (κ3) is 7.44. The van der Waals surface area contributed by atoms with E-state index in [0.717, 1.165) is 34.0 Å². The number of esters is 1. The van der Waals surface area contributed by atoms with Gasteiger partial charge in [-0.15, -0.1) is 22.7 Å². The van der Waals surface area contributed by atoms with Gasteiger partial charge in [-0.05, 0) is 57.2 Å². The smallest absolute Gasteiger partial charge is 0.416 e. The largest absolute Gasteiger partial charge is 0.475 e. The van der Waals surface area contributed by atoms with Gasteiger partial charge in [-0.3, -0.25) is 0 Å².